The lowest BCUT2D eigenvalue weighted by atomic mass is 11.3. The van der Waals surface area contributed by atoms with Crippen molar-refractivity contribution in [2.45, 2.75) is 6.36 Å². The van der Waals surface area contributed by atoms with Gasteiger partial charge in [-0.2, -0.15) is 0 Å². The van der Waals surface area contributed by atoms with E-state index in [1.807, 2.05) is 0 Å². The van der Waals surface area contributed by atoms with E-state index in [0.29, 0.717) is 0 Å². The van der Waals surface area contributed by atoms with Gasteiger partial charge in [-0.05, 0) is 5.82 Å². The van der Waals surface area contributed by atoms with Gasteiger partial charge in [0.05, 0.1) is 0 Å². The fourth-order valence-electron chi connectivity index (χ4n) is 0.182. The molecule has 3 nitrogen and oxygen atoms in total. The van der Waals surface area contributed by atoms with Crippen molar-refractivity contribution in [1.29, 1.82) is 0 Å². The molecule has 0 aromatic heterocycles. The molecular formula is C3H3F3O3P-. The topological polar surface area (TPSA) is 49.4 Å². The summed E-state index contributed by atoms with van der Waals surface area (Å²) < 4.78 is 45.9. The van der Waals surface area contributed by atoms with E-state index in [9.17, 15) is 22.6 Å². The first-order valence-corrected chi connectivity index (χ1v) is 3.60. The fourth-order valence-corrected chi connectivity index (χ4v) is 0.545. The number of rotatable bonds is 2. The third-order valence-electron chi connectivity index (χ3n) is 0.454. The molecule has 0 amide bonds. The summed E-state index contributed by atoms with van der Waals surface area (Å²) in [5.41, 5.74) is 0. The SMILES string of the molecule is C=CP(=O)([O-])OC(F)(F)F. The molecule has 0 saturated heterocycles. The summed E-state index contributed by atoms with van der Waals surface area (Å²) in [7, 11) is -4.91. The molecule has 10 heavy (non-hydrogen) atoms. The van der Waals surface area contributed by atoms with Crippen LogP contribution in [0.3, 0.4) is 0 Å². The average molecular weight is 175 g/mol. The molecule has 0 spiro atoms. The van der Waals surface area contributed by atoms with Crippen molar-refractivity contribution in [2.75, 3.05) is 0 Å². The largest absolute Gasteiger partial charge is 0.775 e. The Bertz CT molecular complexity index is 174. The fraction of sp³-hybridized carbons (Fsp3) is 0.333. The normalized spacial score (nSPS) is 18.0. The zero-order valence-electron chi connectivity index (χ0n) is 4.59. The van der Waals surface area contributed by atoms with Crippen molar-refractivity contribution in [3.05, 3.63) is 12.4 Å². The maximum absolute atomic E-state index is 11.1. The molecule has 0 aliphatic rings. The van der Waals surface area contributed by atoms with Crippen LogP contribution < -0.4 is 4.89 Å². The number of hydrogen-bond acceptors (Lipinski definition) is 3. The van der Waals surface area contributed by atoms with E-state index in [0.717, 1.165) is 0 Å². The molecule has 0 fully saturated rings. The lowest BCUT2D eigenvalue weighted by Crippen LogP contribution is -2.15. The highest BCUT2D eigenvalue weighted by Gasteiger charge is 2.33. The van der Waals surface area contributed by atoms with Gasteiger partial charge in [-0.1, -0.05) is 6.58 Å². The summed E-state index contributed by atoms with van der Waals surface area (Å²) in [6, 6.07) is 0. The van der Waals surface area contributed by atoms with Crippen molar-refractivity contribution < 1.29 is 27.2 Å². The van der Waals surface area contributed by atoms with E-state index in [1.54, 1.807) is 0 Å². The molecule has 60 valence electrons. The summed E-state index contributed by atoms with van der Waals surface area (Å²) in [4.78, 5) is 9.98. The predicted molar refractivity (Wildman–Crippen MR) is 24.9 cm³/mol. The van der Waals surface area contributed by atoms with E-state index in [4.69, 9.17) is 0 Å². The molecule has 0 heterocycles. The molecule has 0 rings (SSSR count). The van der Waals surface area contributed by atoms with Crippen molar-refractivity contribution in [1.82, 2.24) is 0 Å². The lowest BCUT2D eigenvalue weighted by Gasteiger charge is -2.19. The van der Waals surface area contributed by atoms with Crippen LogP contribution >= 0.6 is 7.60 Å². The van der Waals surface area contributed by atoms with Crippen molar-refractivity contribution in [2.24, 2.45) is 0 Å². The first kappa shape index (κ1) is 9.68. The molecule has 0 radical (unpaired) electrons. The predicted octanol–water partition coefficient (Wildman–Crippen LogP) is 1.22. The summed E-state index contributed by atoms with van der Waals surface area (Å²) in [6.45, 7) is 2.62. The third-order valence-corrected chi connectivity index (χ3v) is 1.36. The molecule has 0 aliphatic carbocycles. The molecule has 0 aromatic rings. The molecule has 1 unspecified atom stereocenters. The van der Waals surface area contributed by atoms with E-state index in [1.165, 1.54) is 0 Å². The van der Waals surface area contributed by atoms with Gasteiger partial charge in [-0.3, -0.25) is 0 Å². The highest BCUT2D eigenvalue weighted by molar-refractivity contribution is 7.54. The zero-order valence-corrected chi connectivity index (χ0v) is 5.48. The minimum absolute atomic E-state index is 0.0977. The number of alkyl halides is 3. The molecule has 0 aromatic carbocycles. The van der Waals surface area contributed by atoms with Crippen molar-refractivity contribution >= 4 is 7.60 Å². The molecule has 1 atom stereocenters. The van der Waals surface area contributed by atoms with Crippen LogP contribution in [0.2, 0.25) is 0 Å². The maximum atomic E-state index is 11.1. The Kier molecular flexibility index (Phi) is 2.65. The Morgan fingerprint density at radius 1 is 1.60 bits per heavy atom. The Labute approximate surface area is 54.6 Å². The summed E-state index contributed by atoms with van der Waals surface area (Å²) in [6.07, 6.45) is -5.16. The molecular weight excluding hydrogens is 172 g/mol. The number of halogens is 3. The first-order valence-electron chi connectivity index (χ1n) is 1.99. The van der Waals surface area contributed by atoms with Crippen LogP contribution in [0.15, 0.2) is 12.4 Å². The highest BCUT2D eigenvalue weighted by atomic mass is 31.2. The zero-order chi connectivity index (χ0) is 8.41. The molecule has 0 aliphatic heterocycles. The Hall–Kier alpha value is -0.320. The highest BCUT2D eigenvalue weighted by Crippen LogP contribution is 2.44. The smallest absolute Gasteiger partial charge is 0.527 e. The Morgan fingerprint density at radius 2 is 2.00 bits per heavy atom. The van der Waals surface area contributed by atoms with Crippen LogP contribution in [-0.2, 0) is 9.09 Å². The van der Waals surface area contributed by atoms with Gasteiger partial charge in [0.1, 0.15) is 0 Å². The van der Waals surface area contributed by atoms with Gasteiger partial charge in [-0.25, -0.2) is 4.52 Å². The molecule has 0 N–H and O–H groups in total. The van der Waals surface area contributed by atoms with Gasteiger partial charge in [0.15, 0.2) is 7.60 Å². The maximum Gasteiger partial charge on any atom is 0.527 e. The minimum Gasteiger partial charge on any atom is -0.775 e. The second-order valence-corrected chi connectivity index (χ2v) is 2.89. The summed E-state index contributed by atoms with van der Waals surface area (Å²) in [5.74, 6) is 0.0977. The van der Waals surface area contributed by atoms with Gasteiger partial charge in [0, 0.05) is 0 Å². The molecule has 0 saturated carbocycles. The molecule has 7 heteroatoms. The van der Waals surface area contributed by atoms with Crippen molar-refractivity contribution in [3.8, 4) is 0 Å². The van der Waals surface area contributed by atoms with Gasteiger partial charge in [0.2, 0.25) is 0 Å². The standard InChI is InChI=1S/C3H4F3O3P/c1-2-10(7,8)9-3(4,5)6/h2H,1H2,(H,7,8)/p-1. The summed E-state index contributed by atoms with van der Waals surface area (Å²) >= 11 is 0. The van der Waals surface area contributed by atoms with Crippen LogP contribution in [0, 0.1) is 0 Å². The van der Waals surface area contributed by atoms with Crippen LogP contribution in [0.4, 0.5) is 13.2 Å². The Morgan fingerprint density at radius 3 is 2.10 bits per heavy atom. The van der Waals surface area contributed by atoms with Gasteiger partial charge < -0.3 is 9.46 Å². The second kappa shape index (κ2) is 2.74. The van der Waals surface area contributed by atoms with Gasteiger partial charge >= 0.3 is 6.36 Å². The summed E-state index contributed by atoms with van der Waals surface area (Å²) in [5, 5.41) is 0. The van der Waals surface area contributed by atoms with Gasteiger partial charge in [-0.15, -0.1) is 13.2 Å². The number of hydrogen-bond donors (Lipinski definition) is 0. The first-order chi connectivity index (χ1) is 4.27. The minimum atomic E-state index is -5.16. The van der Waals surface area contributed by atoms with E-state index in [2.05, 4.69) is 11.1 Å². The third kappa shape index (κ3) is 4.55. The van der Waals surface area contributed by atoms with E-state index >= 15 is 0 Å². The van der Waals surface area contributed by atoms with E-state index < -0.39 is 14.0 Å². The molecule has 0 bridgehead atoms. The van der Waals surface area contributed by atoms with Crippen LogP contribution in [-0.4, -0.2) is 6.36 Å². The van der Waals surface area contributed by atoms with E-state index in [-0.39, 0.29) is 5.82 Å². The van der Waals surface area contributed by atoms with Gasteiger partial charge in [0.25, 0.3) is 0 Å². The Balaban J connectivity index is 4.16. The van der Waals surface area contributed by atoms with Crippen LogP contribution in [0.25, 0.3) is 0 Å². The lowest BCUT2D eigenvalue weighted by molar-refractivity contribution is -0.306. The van der Waals surface area contributed by atoms with Crippen LogP contribution in [0.1, 0.15) is 0 Å². The quantitative estimate of drug-likeness (QED) is 0.592. The monoisotopic (exact) mass is 175 g/mol. The van der Waals surface area contributed by atoms with Crippen LogP contribution in [0.5, 0.6) is 0 Å². The second-order valence-electron chi connectivity index (χ2n) is 1.26. The van der Waals surface area contributed by atoms with Crippen molar-refractivity contribution in [3.63, 3.8) is 0 Å². The average Bonchev–Trinajstić information content (AvgIpc) is 1.60.